The molecule has 6 rings (SSSR count). The first kappa shape index (κ1) is 30.8. The Morgan fingerprint density at radius 1 is 0.674 bits per heavy atom. The van der Waals surface area contributed by atoms with Crippen LogP contribution >= 0.6 is 11.6 Å². The van der Waals surface area contributed by atoms with Crippen LogP contribution in [0.1, 0.15) is 60.0 Å². The normalized spacial score (nSPS) is 22.3. The molecule has 3 aromatic carbocycles. The predicted molar refractivity (Wildman–Crippen MR) is 170 cm³/mol. The van der Waals surface area contributed by atoms with E-state index >= 15 is 0 Å². The zero-order valence-electron chi connectivity index (χ0n) is 24.5. The summed E-state index contributed by atoms with van der Waals surface area (Å²) in [4.78, 5) is 40.7. The molecule has 0 heterocycles. The molecule has 8 heteroatoms. The van der Waals surface area contributed by atoms with Crippen molar-refractivity contribution in [1.29, 1.82) is 0 Å². The molecule has 2 atom stereocenters. The van der Waals surface area contributed by atoms with Gasteiger partial charge in [-0.2, -0.15) is 0 Å². The zero-order valence-corrected chi connectivity index (χ0v) is 25.2. The molecular weight excluding hydrogens is 560 g/mol. The molecule has 2 bridgehead atoms. The SMILES string of the molecule is NCC12CCC(CNC(=O)C(Cc3ccccc3)NC(=O)C(Cc3ccc(Cl)cc3)NC(=O)c3ccccc3)(CC1)CC2. The summed E-state index contributed by atoms with van der Waals surface area (Å²) in [6.45, 7) is 1.32. The molecule has 5 N–H and O–H groups in total. The Balaban J connectivity index is 1.31. The summed E-state index contributed by atoms with van der Waals surface area (Å²) in [5, 5.41) is 9.67. The third-order valence-electron chi connectivity index (χ3n) is 9.55. The van der Waals surface area contributed by atoms with Crippen LogP contribution in [0.3, 0.4) is 0 Å². The lowest BCUT2D eigenvalue weighted by Gasteiger charge is -2.53. The van der Waals surface area contributed by atoms with Crippen LogP contribution in [-0.4, -0.2) is 42.9 Å². The van der Waals surface area contributed by atoms with Crippen LogP contribution in [-0.2, 0) is 22.4 Å². The lowest BCUT2D eigenvalue weighted by molar-refractivity contribution is -0.130. The summed E-state index contributed by atoms with van der Waals surface area (Å²) in [6, 6.07) is 23.9. The van der Waals surface area contributed by atoms with Crippen LogP contribution in [0.25, 0.3) is 0 Å². The molecule has 0 spiro atoms. The molecular formula is C35H41ClN4O3. The summed E-state index contributed by atoms with van der Waals surface area (Å²) < 4.78 is 0. The summed E-state index contributed by atoms with van der Waals surface area (Å²) in [6.07, 6.45) is 7.10. The number of benzene rings is 3. The van der Waals surface area contributed by atoms with Crippen molar-refractivity contribution in [1.82, 2.24) is 16.0 Å². The molecule has 7 nitrogen and oxygen atoms in total. The fourth-order valence-electron chi connectivity index (χ4n) is 6.54. The third-order valence-corrected chi connectivity index (χ3v) is 9.81. The van der Waals surface area contributed by atoms with Gasteiger partial charge in [0.15, 0.2) is 0 Å². The van der Waals surface area contributed by atoms with Crippen LogP contribution < -0.4 is 21.7 Å². The molecule has 3 saturated carbocycles. The lowest BCUT2D eigenvalue weighted by Crippen LogP contribution is -2.56. The second-order valence-corrected chi connectivity index (χ2v) is 12.8. The van der Waals surface area contributed by atoms with Gasteiger partial charge < -0.3 is 21.7 Å². The van der Waals surface area contributed by atoms with Gasteiger partial charge in [-0.25, -0.2) is 0 Å². The average Bonchev–Trinajstić information content (AvgIpc) is 3.05. The van der Waals surface area contributed by atoms with Crippen LogP contribution in [0.4, 0.5) is 0 Å². The highest BCUT2D eigenvalue weighted by atomic mass is 35.5. The van der Waals surface area contributed by atoms with E-state index in [1.165, 1.54) is 0 Å². The predicted octanol–water partition coefficient (Wildman–Crippen LogP) is 4.82. The Kier molecular flexibility index (Phi) is 9.83. The number of rotatable bonds is 12. The number of nitrogens with two attached hydrogens (primary N) is 1. The number of fused-ring (bicyclic) bond motifs is 3. The molecule has 2 unspecified atom stereocenters. The molecule has 0 aromatic heterocycles. The Morgan fingerprint density at radius 3 is 1.77 bits per heavy atom. The quantitative estimate of drug-likeness (QED) is 0.239. The average molecular weight is 601 g/mol. The van der Waals surface area contributed by atoms with Gasteiger partial charge >= 0.3 is 0 Å². The van der Waals surface area contributed by atoms with E-state index in [2.05, 4.69) is 16.0 Å². The Labute approximate surface area is 259 Å². The summed E-state index contributed by atoms with van der Waals surface area (Å²) >= 11 is 6.08. The molecule has 3 aliphatic carbocycles. The highest BCUT2D eigenvalue weighted by Gasteiger charge is 2.48. The van der Waals surface area contributed by atoms with Crippen molar-refractivity contribution >= 4 is 29.3 Å². The standard InChI is InChI=1S/C35H41ClN4O3/c36-28-13-11-26(12-14-28)22-30(39-31(41)27-9-5-2-6-10-27)33(43)40-29(21-25-7-3-1-4-8-25)32(42)38-24-35-18-15-34(23-37,16-19-35)17-20-35/h1-14,29-30H,15-24,37H2,(H,38,42)(H,39,41)(H,40,43). The van der Waals surface area contributed by atoms with Crippen molar-refractivity contribution in [3.8, 4) is 0 Å². The van der Waals surface area contributed by atoms with Crippen molar-refractivity contribution in [2.45, 2.75) is 63.5 Å². The van der Waals surface area contributed by atoms with Gasteiger partial charge in [0, 0.05) is 30.0 Å². The maximum absolute atomic E-state index is 13.8. The molecule has 0 aliphatic heterocycles. The molecule has 43 heavy (non-hydrogen) atoms. The summed E-state index contributed by atoms with van der Waals surface area (Å²) in [7, 11) is 0. The monoisotopic (exact) mass is 600 g/mol. The highest BCUT2D eigenvalue weighted by molar-refractivity contribution is 6.30. The highest BCUT2D eigenvalue weighted by Crippen LogP contribution is 2.56. The third kappa shape index (κ3) is 7.84. The number of carbonyl (C=O) groups excluding carboxylic acids is 3. The molecule has 0 radical (unpaired) electrons. The second kappa shape index (κ2) is 13.7. The minimum Gasteiger partial charge on any atom is -0.354 e. The van der Waals surface area contributed by atoms with E-state index in [0.29, 0.717) is 23.6 Å². The van der Waals surface area contributed by atoms with Crippen LogP contribution in [0.5, 0.6) is 0 Å². The maximum atomic E-state index is 13.8. The van der Waals surface area contributed by atoms with E-state index in [1.54, 1.807) is 36.4 Å². The van der Waals surface area contributed by atoms with E-state index in [4.69, 9.17) is 17.3 Å². The van der Waals surface area contributed by atoms with E-state index in [1.807, 2.05) is 48.5 Å². The van der Waals surface area contributed by atoms with Crippen molar-refractivity contribution in [3.63, 3.8) is 0 Å². The van der Waals surface area contributed by atoms with Gasteiger partial charge in [0.1, 0.15) is 12.1 Å². The van der Waals surface area contributed by atoms with Gasteiger partial charge in [-0.15, -0.1) is 0 Å². The van der Waals surface area contributed by atoms with Crippen molar-refractivity contribution < 1.29 is 14.4 Å². The molecule has 3 fully saturated rings. The smallest absolute Gasteiger partial charge is 0.251 e. The van der Waals surface area contributed by atoms with E-state index in [-0.39, 0.29) is 29.1 Å². The van der Waals surface area contributed by atoms with Crippen LogP contribution in [0, 0.1) is 10.8 Å². The first-order valence-electron chi connectivity index (χ1n) is 15.2. The number of hydrogen-bond acceptors (Lipinski definition) is 4. The largest absolute Gasteiger partial charge is 0.354 e. The number of amides is 3. The van der Waals surface area contributed by atoms with E-state index in [0.717, 1.165) is 56.2 Å². The minimum absolute atomic E-state index is 0.0919. The topological polar surface area (TPSA) is 113 Å². The van der Waals surface area contributed by atoms with Crippen molar-refractivity contribution in [3.05, 3.63) is 107 Å². The Hall–Kier alpha value is -3.68. The Morgan fingerprint density at radius 2 is 1.19 bits per heavy atom. The van der Waals surface area contributed by atoms with E-state index in [9.17, 15) is 14.4 Å². The van der Waals surface area contributed by atoms with E-state index < -0.39 is 18.0 Å². The fourth-order valence-corrected chi connectivity index (χ4v) is 6.66. The van der Waals surface area contributed by atoms with Crippen molar-refractivity contribution in [2.24, 2.45) is 16.6 Å². The van der Waals surface area contributed by atoms with Crippen LogP contribution in [0.15, 0.2) is 84.9 Å². The van der Waals surface area contributed by atoms with Crippen LogP contribution in [0.2, 0.25) is 5.02 Å². The first-order valence-corrected chi connectivity index (χ1v) is 15.6. The van der Waals surface area contributed by atoms with Gasteiger partial charge in [-0.1, -0.05) is 72.3 Å². The van der Waals surface area contributed by atoms with Gasteiger partial charge in [0.05, 0.1) is 0 Å². The molecule has 3 aliphatic rings. The lowest BCUT2D eigenvalue weighted by atomic mass is 9.54. The number of hydrogen-bond donors (Lipinski definition) is 4. The maximum Gasteiger partial charge on any atom is 0.251 e. The van der Waals surface area contributed by atoms with Crippen molar-refractivity contribution in [2.75, 3.05) is 13.1 Å². The second-order valence-electron chi connectivity index (χ2n) is 12.4. The fraction of sp³-hybridized carbons (Fsp3) is 0.400. The van der Waals surface area contributed by atoms with Gasteiger partial charge in [-0.3, -0.25) is 14.4 Å². The molecule has 0 saturated heterocycles. The zero-order chi connectivity index (χ0) is 30.3. The minimum atomic E-state index is -0.903. The number of carbonyl (C=O) groups is 3. The molecule has 3 amide bonds. The van der Waals surface area contributed by atoms with Gasteiger partial charge in [-0.05, 0) is 91.3 Å². The number of nitrogens with one attached hydrogen (secondary N) is 3. The molecule has 3 aromatic rings. The summed E-state index contributed by atoms with van der Waals surface area (Å²) in [5.41, 5.74) is 8.69. The molecule has 226 valence electrons. The van der Waals surface area contributed by atoms with Gasteiger partial charge in [0.25, 0.3) is 5.91 Å². The Bertz CT molecular complexity index is 1370. The first-order chi connectivity index (χ1) is 20.8. The number of halogens is 1. The van der Waals surface area contributed by atoms with Gasteiger partial charge in [0.2, 0.25) is 11.8 Å². The summed E-state index contributed by atoms with van der Waals surface area (Å²) in [5.74, 6) is -0.995.